The Balaban J connectivity index is 0.000000261. The Bertz CT molecular complexity index is 180. The van der Waals surface area contributed by atoms with Crippen LogP contribution in [0.2, 0.25) is 0 Å². The van der Waals surface area contributed by atoms with Crippen molar-refractivity contribution in [1.29, 1.82) is 0 Å². The molecule has 0 radical (unpaired) electrons. The zero-order chi connectivity index (χ0) is 9.56. The average molecular weight is 230 g/mol. The molecule has 0 aromatic heterocycles. The van der Waals surface area contributed by atoms with Gasteiger partial charge in [-0.15, -0.1) is 0 Å². The number of hydrogen-bond acceptors (Lipinski definition) is 1. The highest BCUT2D eigenvalue weighted by Crippen LogP contribution is 2.08. The van der Waals surface area contributed by atoms with Crippen LogP contribution in [0, 0.1) is 6.92 Å². The van der Waals surface area contributed by atoms with Gasteiger partial charge in [0.25, 0.3) is 0 Å². The SMILES string of the molecule is CC(C)N.Cc1ccc(Br)cc1. The Labute approximate surface area is 83.1 Å². The number of rotatable bonds is 0. The summed E-state index contributed by atoms with van der Waals surface area (Å²) in [6.07, 6.45) is 0. The van der Waals surface area contributed by atoms with Gasteiger partial charge in [0.1, 0.15) is 0 Å². The van der Waals surface area contributed by atoms with Gasteiger partial charge < -0.3 is 5.73 Å². The fourth-order valence-electron chi connectivity index (χ4n) is 0.533. The fraction of sp³-hybridized carbons (Fsp3) is 0.400. The summed E-state index contributed by atoms with van der Waals surface area (Å²) in [7, 11) is 0. The minimum Gasteiger partial charge on any atom is -0.328 e. The molecule has 0 saturated carbocycles. The van der Waals surface area contributed by atoms with E-state index in [1.807, 2.05) is 26.0 Å². The predicted molar refractivity (Wildman–Crippen MR) is 58.2 cm³/mol. The van der Waals surface area contributed by atoms with Gasteiger partial charge in [-0.25, -0.2) is 0 Å². The van der Waals surface area contributed by atoms with Crippen LogP contribution in [-0.2, 0) is 0 Å². The summed E-state index contributed by atoms with van der Waals surface area (Å²) in [6, 6.07) is 8.55. The topological polar surface area (TPSA) is 26.0 Å². The van der Waals surface area contributed by atoms with Crippen molar-refractivity contribution in [2.24, 2.45) is 5.73 Å². The first-order valence-corrected chi connectivity index (χ1v) is 4.79. The number of halogens is 1. The Kier molecular flexibility index (Phi) is 6.03. The normalized spacial score (nSPS) is 9.17. The predicted octanol–water partition coefficient (Wildman–Crippen LogP) is 3.11. The maximum Gasteiger partial charge on any atom is 0.0175 e. The quantitative estimate of drug-likeness (QED) is 0.728. The van der Waals surface area contributed by atoms with Crippen LogP contribution in [0.3, 0.4) is 0 Å². The molecule has 0 unspecified atom stereocenters. The number of hydrogen-bond donors (Lipinski definition) is 1. The summed E-state index contributed by atoms with van der Waals surface area (Å²) in [5.74, 6) is 0. The first-order chi connectivity index (χ1) is 5.52. The molecule has 1 nitrogen and oxygen atoms in total. The fourth-order valence-corrected chi connectivity index (χ4v) is 0.798. The van der Waals surface area contributed by atoms with Gasteiger partial charge in [-0.3, -0.25) is 0 Å². The zero-order valence-corrected chi connectivity index (χ0v) is 9.43. The molecule has 0 aliphatic carbocycles. The van der Waals surface area contributed by atoms with Gasteiger partial charge in [-0.05, 0) is 25.1 Å². The molecule has 0 aliphatic heterocycles. The van der Waals surface area contributed by atoms with Gasteiger partial charge in [0.15, 0.2) is 0 Å². The molecule has 0 bridgehead atoms. The molecule has 0 aliphatic rings. The smallest absolute Gasteiger partial charge is 0.0175 e. The Hall–Kier alpha value is -0.340. The van der Waals surface area contributed by atoms with Crippen molar-refractivity contribution < 1.29 is 0 Å². The highest BCUT2D eigenvalue weighted by Gasteiger charge is 1.81. The molecule has 2 heteroatoms. The highest BCUT2D eigenvalue weighted by atomic mass is 79.9. The van der Waals surface area contributed by atoms with Gasteiger partial charge in [0.05, 0.1) is 0 Å². The minimum atomic E-state index is 0.333. The lowest BCUT2D eigenvalue weighted by molar-refractivity contribution is 0.834. The van der Waals surface area contributed by atoms with Crippen molar-refractivity contribution in [2.45, 2.75) is 26.8 Å². The van der Waals surface area contributed by atoms with E-state index in [2.05, 4.69) is 35.0 Å². The van der Waals surface area contributed by atoms with Crippen molar-refractivity contribution in [3.05, 3.63) is 34.3 Å². The molecule has 12 heavy (non-hydrogen) atoms. The Morgan fingerprint density at radius 3 is 1.75 bits per heavy atom. The van der Waals surface area contributed by atoms with E-state index in [1.165, 1.54) is 5.56 Å². The molecule has 0 atom stereocenters. The number of aryl methyl sites for hydroxylation is 1. The van der Waals surface area contributed by atoms with Crippen LogP contribution < -0.4 is 5.73 Å². The van der Waals surface area contributed by atoms with Crippen molar-refractivity contribution >= 4 is 15.9 Å². The van der Waals surface area contributed by atoms with Crippen molar-refractivity contribution in [3.63, 3.8) is 0 Å². The summed E-state index contributed by atoms with van der Waals surface area (Å²) >= 11 is 3.35. The van der Waals surface area contributed by atoms with E-state index in [4.69, 9.17) is 5.73 Å². The number of nitrogens with two attached hydrogens (primary N) is 1. The van der Waals surface area contributed by atoms with Gasteiger partial charge >= 0.3 is 0 Å². The van der Waals surface area contributed by atoms with Crippen LogP contribution in [-0.4, -0.2) is 6.04 Å². The lowest BCUT2D eigenvalue weighted by atomic mass is 10.2. The largest absolute Gasteiger partial charge is 0.328 e. The first kappa shape index (κ1) is 11.7. The van der Waals surface area contributed by atoms with E-state index in [-0.39, 0.29) is 0 Å². The average Bonchev–Trinajstić information content (AvgIpc) is 1.94. The Morgan fingerprint density at radius 2 is 1.50 bits per heavy atom. The molecule has 2 N–H and O–H groups in total. The van der Waals surface area contributed by atoms with Crippen LogP contribution in [0.1, 0.15) is 19.4 Å². The molecular weight excluding hydrogens is 214 g/mol. The van der Waals surface area contributed by atoms with E-state index < -0.39 is 0 Å². The van der Waals surface area contributed by atoms with Crippen LogP contribution >= 0.6 is 15.9 Å². The summed E-state index contributed by atoms with van der Waals surface area (Å²) in [6.45, 7) is 5.96. The summed E-state index contributed by atoms with van der Waals surface area (Å²) in [5, 5.41) is 0. The van der Waals surface area contributed by atoms with Crippen molar-refractivity contribution in [1.82, 2.24) is 0 Å². The second kappa shape index (κ2) is 6.21. The molecule has 0 saturated heterocycles. The second-order valence-corrected chi connectivity index (χ2v) is 3.96. The third-order valence-corrected chi connectivity index (χ3v) is 1.54. The lowest BCUT2D eigenvalue weighted by Gasteiger charge is -1.88. The van der Waals surface area contributed by atoms with Crippen molar-refractivity contribution in [2.75, 3.05) is 0 Å². The maximum atomic E-state index is 5.11. The molecule has 1 aromatic carbocycles. The monoisotopic (exact) mass is 229 g/mol. The molecule has 68 valence electrons. The van der Waals surface area contributed by atoms with Gasteiger partial charge in [0, 0.05) is 4.47 Å². The van der Waals surface area contributed by atoms with E-state index >= 15 is 0 Å². The van der Waals surface area contributed by atoms with E-state index in [0.717, 1.165) is 4.47 Å². The summed E-state index contributed by atoms with van der Waals surface area (Å²) in [5.41, 5.74) is 6.41. The zero-order valence-electron chi connectivity index (χ0n) is 7.84. The summed E-state index contributed by atoms with van der Waals surface area (Å²) in [4.78, 5) is 0. The van der Waals surface area contributed by atoms with Gasteiger partial charge in [-0.2, -0.15) is 0 Å². The molecule has 1 aromatic rings. The van der Waals surface area contributed by atoms with Crippen LogP contribution in [0.15, 0.2) is 28.7 Å². The third kappa shape index (κ3) is 7.76. The molecular formula is C10H16BrN. The summed E-state index contributed by atoms with van der Waals surface area (Å²) < 4.78 is 1.14. The van der Waals surface area contributed by atoms with E-state index in [9.17, 15) is 0 Å². The first-order valence-electron chi connectivity index (χ1n) is 4.00. The molecule has 0 heterocycles. The maximum absolute atomic E-state index is 5.11. The van der Waals surface area contributed by atoms with E-state index in [1.54, 1.807) is 0 Å². The lowest BCUT2D eigenvalue weighted by Crippen LogP contribution is -2.06. The molecule has 0 amide bonds. The van der Waals surface area contributed by atoms with Crippen LogP contribution in [0.5, 0.6) is 0 Å². The van der Waals surface area contributed by atoms with Gasteiger partial charge in [0.2, 0.25) is 0 Å². The second-order valence-electron chi connectivity index (χ2n) is 3.04. The van der Waals surface area contributed by atoms with Crippen molar-refractivity contribution in [3.8, 4) is 0 Å². The molecule has 1 rings (SSSR count). The molecule has 0 spiro atoms. The molecule has 0 fully saturated rings. The number of benzene rings is 1. The van der Waals surface area contributed by atoms with Crippen LogP contribution in [0.4, 0.5) is 0 Å². The standard InChI is InChI=1S/C7H7Br.C3H9N/c1-6-2-4-7(8)5-3-6;1-3(2)4/h2-5H,1H3;3H,4H2,1-2H3. The van der Waals surface area contributed by atoms with E-state index in [0.29, 0.717) is 6.04 Å². The highest BCUT2D eigenvalue weighted by molar-refractivity contribution is 9.10. The Morgan fingerprint density at radius 1 is 1.17 bits per heavy atom. The minimum absolute atomic E-state index is 0.333. The third-order valence-electron chi connectivity index (χ3n) is 1.01. The van der Waals surface area contributed by atoms with Gasteiger partial charge in [-0.1, -0.05) is 47.5 Å². The van der Waals surface area contributed by atoms with Crippen LogP contribution in [0.25, 0.3) is 0 Å².